The summed E-state index contributed by atoms with van der Waals surface area (Å²) >= 11 is 0. The molecule has 0 aliphatic rings. The number of ether oxygens (including phenoxy) is 2. The maximum absolute atomic E-state index is 12.4. The Kier molecular flexibility index (Phi) is 7.65. The molecule has 2 amide bonds. The molecule has 31 heavy (non-hydrogen) atoms. The highest BCUT2D eigenvalue weighted by atomic mass is 16.5. The van der Waals surface area contributed by atoms with Gasteiger partial charge >= 0.3 is 0 Å². The van der Waals surface area contributed by atoms with Crippen LogP contribution in [0.2, 0.25) is 0 Å². The highest BCUT2D eigenvalue weighted by molar-refractivity contribution is 5.95. The summed E-state index contributed by atoms with van der Waals surface area (Å²) < 4.78 is 10.8. The predicted octanol–water partition coefficient (Wildman–Crippen LogP) is 4.07. The van der Waals surface area contributed by atoms with Gasteiger partial charge in [-0.1, -0.05) is 30.3 Å². The lowest BCUT2D eigenvalue weighted by Crippen LogP contribution is -2.30. The SMILES string of the molecule is COc1ccc(NC(=O)C(C)Oc2ccc(C(=O)NCCc3ccccc3)cc2)cc1. The molecule has 0 aromatic heterocycles. The third-order valence-electron chi connectivity index (χ3n) is 4.70. The third-order valence-corrected chi connectivity index (χ3v) is 4.70. The molecule has 0 saturated carbocycles. The molecule has 0 heterocycles. The number of amides is 2. The molecular formula is C25H26N2O4. The Morgan fingerprint density at radius 1 is 0.871 bits per heavy atom. The Morgan fingerprint density at radius 3 is 2.16 bits per heavy atom. The second-order valence-electron chi connectivity index (χ2n) is 6.99. The maximum Gasteiger partial charge on any atom is 0.265 e. The van der Waals surface area contributed by atoms with Crippen molar-refractivity contribution >= 4 is 17.5 Å². The highest BCUT2D eigenvalue weighted by Crippen LogP contribution is 2.17. The number of nitrogens with one attached hydrogen (secondary N) is 2. The number of hydrogen-bond donors (Lipinski definition) is 2. The Hall–Kier alpha value is -3.80. The molecule has 2 N–H and O–H groups in total. The summed E-state index contributed by atoms with van der Waals surface area (Å²) in [6, 6.07) is 23.8. The summed E-state index contributed by atoms with van der Waals surface area (Å²) in [6.45, 7) is 2.23. The van der Waals surface area contributed by atoms with Gasteiger partial charge in [0.15, 0.2) is 6.10 Å². The van der Waals surface area contributed by atoms with Crippen molar-refractivity contribution in [3.8, 4) is 11.5 Å². The second kappa shape index (κ2) is 10.8. The zero-order valence-corrected chi connectivity index (χ0v) is 17.6. The van der Waals surface area contributed by atoms with Crippen LogP contribution in [0.25, 0.3) is 0 Å². The molecular weight excluding hydrogens is 392 g/mol. The first kappa shape index (κ1) is 21.9. The van der Waals surface area contributed by atoms with Crippen molar-refractivity contribution in [2.45, 2.75) is 19.4 Å². The van der Waals surface area contributed by atoms with Crippen molar-refractivity contribution in [3.63, 3.8) is 0 Å². The average molecular weight is 418 g/mol. The van der Waals surface area contributed by atoms with Gasteiger partial charge < -0.3 is 20.1 Å². The van der Waals surface area contributed by atoms with Gasteiger partial charge in [-0.3, -0.25) is 9.59 Å². The topological polar surface area (TPSA) is 76.7 Å². The van der Waals surface area contributed by atoms with Crippen molar-refractivity contribution in [2.24, 2.45) is 0 Å². The molecule has 3 aromatic carbocycles. The summed E-state index contributed by atoms with van der Waals surface area (Å²) in [5, 5.41) is 5.70. The maximum atomic E-state index is 12.4. The lowest BCUT2D eigenvalue weighted by Gasteiger charge is -2.15. The van der Waals surface area contributed by atoms with Crippen LogP contribution in [0.5, 0.6) is 11.5 Å². The number of hydrogen-bond acceptors (Lipinski definition) is 4. The van der Waals surface area contributed by atoms with Crippen LogP contribution in [0, 0.1) is 0 Å². The summed E-state index contributed by atoms with van der Waals surface area (Å²) in [5.41, 5.74) is 2.37. The van der Waals surface area contributed by atoms with E-state index < -0.39 is 6.10 Å². The molecule has 0 aliphatic carbocycles. The number of benzene rings is 3. The number of carbonyl (C=O) groups excluding carboxylic acids is 2. The van der Waals surface area contributed by atoms with Crippen LogP contribution in [-0.2, 0) is 11.2 Å². The second-order valence-corrected chi connectivity index (χ2v) is 6.99. The zero-order valence-electron chi connectivity index (χ0n) is 17.6. The molecule has 6 nitrogen and oxygen atoms in total. The first-order valence-electron chi connectivity index (χ1n) is 10.1. The molecule has 0 spiro atoms. The van der Waals surface area contributed by atoms with Gasteiger partial charge in [0.05, 0.1) is 7.11 Å². The van der Waals surface area contributed by atoms with Gasteiger partial charge in [-0.15, -0.1) is 0 Å². The Labute approximate surface area is 182 Å². The number of carbonyl (C=O) groups is 2. The van der Waals surface area contributed by atoms with Crippen LogP contribution in [0.3, 0.4) is 0 Å². The van der Waals surface area contributed by atoms with Gasteiger partial charge in [0, 0.05) is 17.8 Å². The molecule has 0 fully saturated rings. The molecule has 0 bridgehead atoms. The fourth-order valence-electron chi connectivity index (χ4n) is 2.93. The van der Waals surface area contributed by atoms with E-state index in [2.05, 4.69) is 10.6 Å². The van der Waals surface area contributed by atoms with Gasteiger partial charge in [-0.05, 0) is 67.4 Å². The van der Waals surface area contributed by atoms with E-state index >= 15 is 0 Å². The fourth-order valence-corrected chi connectivity index (χ4v) is 2.93. The average Bonchev–Trinajstić information content (AvgIpc) is 2.80. The Balaban J connectivity index is 1.47. The van der Waals surface area contributed by atoms with Crippen LogP contribution < -0.4 is 20.1 Å². The lowest BCUT2D eigenvalue weighted by molar-refractivity contribution is -0.122. The highest BCUT2D eigenvalue weighted by Gasteiger charge is 2.15. The van der Waals surface area contributed by atoms with Crippen LogP contribution in [0.4, 0.5) is 5.69 Å². The smallest absolute Gasteiger partial charge is 0.265 e. The normalized spacial score (nSPS) is 11.3. The molecule has 1 unspecified atom stereocenters. The van der Waals surface area contributed by atoms with Crippen molar-refractivity contribution in [1.29, 1.82) is 0 Å². The van der Waals surface area contributed by atoms with Crippen LogP contribution >= 0.6 is 0 Å². The third kappa shape index (κ3) is 6.60. The van der Waals surface area contributed by atoms with E-state index in [1.165, 1.54) is 5.56 Å². The summed E-state index contributed by atoms with van der Waals surface area (Å²) in [6.07, 6.45) is 0.0712. The van der Waals surface area contributed by atoms with Gasteiger partial charge in [-0.25, -0.2) is 0 Å². The molecule has 3 rings (SSSR count). The predicted molar refractivity (Wildman–Crippen MR) is 121 cm³/mol. The van der Waals surface area contributed by atoms with Gasteiger partial charge in [0.25, 0.3) is 11.8 Å². The summed E-state index contributed by atoms with van der Waals surface area (Å²) in [5.74, 6) is 0.811. The van der Waals surface area contributed by atoms with E-state index in [0.29, 0.717) is 29.3 Å². The first-order valence-corrected chi connectivity index (χ1v) is 10.1. The number of rotatable bonds is 9. The van der Waals surface area contributed by atoms with Crippen LogP contribution in [0.1, 0.15) is 22.8 Å². The fraction of sp³-hybridized carbons (Fsp3) is 0.200. The molecule has 3 aromatic rings. The van der Waals surface area contributed by atoms with Crippen molar-refractivity contribution in [1.82, 2.24) is 5.32 Å². The van der Waals surface area contributed by atoms with Crippen molar-refractivity contribution in [2.75, 3.05) is 19.0 Å². The minimum absolute atomic E-state index is 0.146. The summed E-state index contributed by atoms with van der Waals surface area (Å²) in [7, 11) is 1.59. The van der Waals surface area contributed by atoms with E-state index in [1.807, 2.05) is 30.3 Å². The van der Waals surface area contributed by atoms with Crippen molar-refractivity contribution < 1.29 is 19.1 Å². The zero-order chi connectivity index (χ0) is 22.1. The first-order chi connectivity index (χ1) is 15.0. The van der Waals surface area contributed by atoms with E-state index in [0.717, 1.165) is 6.42 Å². The Bertz CT molecular complexity index is 986. The molecule has 0 saturated heterocycles. The van der Waals surface area contributed by atoms with Gasteiger partial charge in [0.2, 0.25) is 0 Å². The Morgan fingerprint density at radius 2 is 1.52 bits per heavy atom. The minimum Gasteiger partial charge on any atom is -0.497 e. The van der Waals surface area contributed by atoms with E-state index in [-0.39, 0.29) is 11.8 Å². The molecule has 160 valence electrons. The summed E-state index contributed by atoms with van der Waals surface area (Å²) in [4.78, 5) is 24.7. The lowest BCUT2D eigenvalue weighted by atomic mass is 10.1. The van der Waals surface area contributed by atoms with E-state index in [4.69, 9.17) is 9.47 Å². The van der Waals surface area contributed by atoms with E-state index in [1.54, 1.807) is 62.6 Å². The van der Waals surface area contributed by atoms with Crippen LogP contribution in [0.15, 0.2) is 78.9 Å². The molecule has 1 atom stereocenters. The largest absolute Gasteiger partial charge is 0.497 e. The molecule has 0 radical (unpaired) electrons. The molecule has 6 heteroatoms. The van der Waals surface area contributed by atoms with Gasteiger partial charge in [0.1, 0.15) is 11.5 Å². The monoisotopic (exact) mass is 418 g/mol. The standard InChI is InChI=1S/C25H26N2O4/c1-18(24(28)27-21-10-14-22(30-2)15-11-21)31-23-12-8-20(9-13-23)25(29)26-17-16-19-6-4-3-5-7-19/h3-15,18H,16-17H2,1-2H3,(H,26,29)(H,27,28). The van der Waals surface area contributed by atoms with Gasteiger partial charge in [-0.2, -0.15) is 0 Å². The minimum atomic E-state index is -0.701. The molecule has 0 aliphatic heterocycles. The number of anilines is 1. The quantitative estimate of drug-likeness (QED) is 0.549. The number of methoxy groups -OCH3 is 1. The van der Waals surface area contributed by atoms with Crippen molar-refractivity contribution in [3.05, 3.63) is 90.0 Å². The van der Waals surface area contributed by atoms with E-state index in [9.17, 15) is 9.59 Å². The van der Waals surface area contributed by atoms with Crippen LogP contribution in [-0.4, -0.2) is 31.6 Å².